The Balaban J connectivity index is 2.04. The first-order valence-electron chi connectivity index (χ1n) is 7.09. The molecule has 0 radical (unpaired) electrons. The number of H-pyrrole nitrogens is 1. The third-order valence-corrected chi connectivity index (χ3v) is 5.18. The van der Waals surface area contributed by atoms with Crippen LogP contribution in [0.15, 0.2) is 44.4 Å². The zero-order valence-corrected chi connectivity index (χ0v) is 14.0. The summed E-state index contributed by atoms with van der Waals surface area (Å²) >= 11 is 0. The number of hydrogen-bond acceptors (Lipinski definition) is 6. The number of oxazole rings is 1. The summed E-state index contributed by atoms with van der Waals surface area (Å²) in [4.78, 5) is 23.9. The monoisotopic (exact) mass is 363 g/mol. The molecule has 9 nitrogen and oxygen atoms in total. The molecule has 1 heterocycles. The summed E-state index contributed by atoms with van der Waals surface area (Å²) < 4.78 is 32.6. The Labute approximate surface area is 141 Å². The van der Waals surface area contributed by atoms with E-state index in [4.69, 9.17) is 4.42 Å². The van der Waals surface area contributed by atoms with Crippen LogP contribution in [-0.4, -0.2) is 18.3 Å². The number of nitro groups is 1. The molecule has 1 aromatic heterocycles. The van der Waals surface area contributed by atoms with Crippen LogP contribution in [0.4, 0.5) is 11.4 Å². The highest BCUT2D eigenvalue weighted by molar-refractivity contribution is 7.92. The standard InChI is InChI=1S/C15H13N3O6S/c1-8-5-10(18(20)21)3-4-11(8)17-25(22,23)14-7-13-12(6-9(14)2)16-15(19)24-13/h3-7,17H,1-2H3,(H,16,19). The SMILES string of the molecule is Cc1cc([N+](=O)[O-])ccc1NS(=O)(=O)c1cc2oc(=O)[nH]c2cc1C. The van der Waals surface area contributed by atoms with E-state index in [-0.39, 0.29) is 21.9 Å². The van der Waals surface area contributed by atoms with E-state index >= 15 is 0 Å². The molecule has 0 atom stereocenters. The van der Waals surface area contributed by atoms with Crippen LogP contribution in [0.2, 0.25) is 0 Å². The van der Waals surface area contributed by atoms with Crippen LogP contribution < -0.4 is 10.5 Å². The van der Waals surface area contributed by atoms with Crippen molar-refractivity contribution >= 4 is 32.5 Å². The highest BCUT2D eigenvalue weighted by atomic mass is 32.2. The summed E-state index contributed by atoms with van der Waals surface area (Å²) in [6.07, 6.45) is 0. The molecule has 0 amide bonds. The first kappa shape index (κ1) is 16.7. The molecule has 2 N–H and O–H groups in total. The average molecular weight is 363 g/mol. The van der Waals surface area contributed by atoms with Crippen molar-refractivity contribution < 1.29 is 17.8 Å². The fraction of sp³-hybridized carbons (Fsp3) is 0.133. The second kappa shape index (κ2) is 5.74. The summed E-state index contributed by atoms with van der Waals surface area (Å²) in [6.45, 7) is 3.15. The molecule has 3 aromatic rings. The Kier molecular flexibility index (Phi) is 3.84. The molecular formula is C15H13N3O6S. The van der Waals surface area contributed by atoms with Crippen LogP contribution in [0.1, 0.15) is 11.1 Å². The van der Waals surface area contributed by atoms with E-state index in [9.17, 15) is 23.3 Å². The van der Waals surface area contributed by atoms with Gasteiger partial charge in [0.25, 0.3) is 15.7 Å². The van der Waals surface area contributed by atoms with Gasteiger partial charge < -0.3 is 4.42 Å². The van der Waals surface area contributed by atoms with Gasteiger partial charge in [0.2, 0.25) is 0 Å². The lowest BCUT2D eigenvalue weighted by Gasteiger charge is -2.12. The first-order chi connectivity index (χ1) is 11.7. The smallest absolute Gasteiger partial charge is 0.408 e. The van der Waals surface area contributed by atoms with Crippen LogP contribution in [0.3, 0.4) is 0 Å². The number of benzene rings is 2. The lowest BCUT2D eigenvalue weighted by molar-refractivity contribution is -0.384. The Morgan fingerprint density at radius 1 is 1.16 bits per heavy atom. The van der Waals surface area contributed by atoms with Crippen molar-refractivity contribution in [3.05, 3.63) is 62.1 Å². The van der Waals surface area contributed by atoms with E-state index in [0.29, 0.717) is 16.6 Å². The molecule has 10 heteroatoms. The van der Waals surface area contributed by atoms with Gasteiger partial charge in [-0.05, 0) is 37.1 Å². The van der Waals surface area contributed by atoms with E-state index in [1.165, 1.54) is 30.3 Å². The Morgan fingerprint density at radius 2 is 1.88 bits per heavy atom. The van der Waals surface area contributed by atoms with E-state index in [0.717, 1.165) is 0 Å². The molecule has 0 saturated carbocycles. The first-order valence-corrected chi connectivity index (χ1v) is 8.57. The number of nitrogens with zero attached hydrogens (tertiary/aromatic N) is 1. The lowest BCUT2D eigenvalue weighted by atomic mass is 10.2. The van der Waals surface area contributed by atoms with Crippen molar-refractivity contribution in [2.75, 3.05) is 4.72 Å². The predicted molar refractivity (Wildman–Crippen MR) is 90.2 cm³/mol. The fourth-order valence-corrected chi connectivity index (χ4v) is 3.83. The van der Waals surface area contributed by atoms with Gasteiger partial charge in [-0.1, -0.05) is 0 Å². The third-order valence-electron chi connectivity index (χ3n) is 3.67. The Morgan fingerprint density at radius 3 is 2.52 bits per heavy atom. The molecule has 3 rings (SSSR count). The van der Waals surface area contributed by atoms with E-state index in [2.05, 4.69) is 9.71 Å². The number of aromatic nitrogens is 1. The number of rotatable bonds is 4. The molecule has 0 spiro atoms. The highest BCUT2D eigenvalue weighted by Crippen LogP contribution is 2.27. The van der Waals surface area contributed by atoms with Crippen LogP contribution >= 0.6 is 0 Å². The van der Waals surface area contributed by atoms with Crippen LogP contribution in [0.25, 0.3) is 11.1 Å². The molecular weight excluding hydrogens is 350 g/mol. The largest absolute Gasteiger partial charge is 0.417 e. The summed E-state index contributed by atoms with van der Waals surface area (Å²) in [6, 6.07) is 6.57. The number of nitrogens with one attached hydrogen (secondary N) is 2. The van der Waals surface area contributed by atoms with E-state index in [1.807, 2.05) is 0 Å². The maximum Gasteiger partial charge on any atom is 0.417 e. The quantitative estimate of drug-likeness (QED) is 0.540. The zero-order valence-electron chi connectivity index (χ0n) is 13.2. The van der Waals surface area contributed by atoms with Crippen molar-refractivity contribution in [1.29, 1.82) is 0 Å². The van der Waals surface area contributed by atoms with Crippen LogP contribution in [-0.2, 0) is 10.0 Å². The van der Waals surface area contributed by atoms with Gasteiger partial charge in [-0.2, -0.15) is 0 Å². The lowest BCUT2D eigenvalue weighted by Crippen LogP contribution is -2.15. The summed E-state index contributed by atoms with van der Waals surface area (Å²) in [7, 11) is -3.98. The van der Waals surface area contributed by atoms with Crippen molar-refractivity contribution in [2.45, 2.75) is 18.7 Å². The number of aryl methyl sites for hydroxylation is 2. The third kappa shape index (κ3) is 3.11. The summed E-state index contributed by atoms with van der Waals surface area (Å²) in [5.74, 6) is -0.678. The van der Waals surface area contributed by atoms with Crippen molar-refractivity contribution in [3.8, 4) is 0 Å². The molecule has 0 saturated heterocycles. The second-order valence-corrected chi connectivity index (χ2v) is 7.14. The molecule has 0 bridgehead atoms. The minimum absolute atomic E-state index is 0.0551. The van der Waals surface area contributed by atoms with Gasteiger partial charge in [0.15, 0.2) is 5.58 Å². The maximum atomic E-state index is 12.7. The van der Waals surface area contributed by atoms with Gasteiger partial charge >= 0.3 is 5.76 Å². The Bertz CT molecular complexity index is 1160. The van der Waals surface area contributed by atoms with Crippen molar-refractivity contribution in [1.82, 2.24) is 4.98 Å². The fourth-order valence-electron chi connectivity index (χ4n) is 2.45. The summed E-state index contributed by atoms with van der Waals surface area (Å²) in [5, 5.41) is 10.8. The van der Waals surface area contributed by atoms with Gasteiger partial charge in [-0.15, -0.1) is 0 Å². The molecule has 0 aliphatic heterocycles. The Hall–Kier alpha value is -3.14. The van der Waals surface area contributed by atoms with Crippen LogP contribution in [0, 0.1) is 24.0 Å². The molecule has 0 fully saturated rings. The number of nitro benzene ring substituents is 1. The van der Waals surface area contributed by atoms with Gasteiger partial charge in [-0.25, -0.2) is 13.2 Å². The highest BCUT2D eigenvalue weighted by Gasteiger charge is 2.21. The number of aromatic amines is 1. The second-order valence-electron chi connectivity index (χ2n) is 5.49. The zero-order chi connectivity index (χ0) is 18.4. The van der Waals surface area contributed by atoms with E-state index < -0.39 is 20.7 Å². The normalized spacial score (nSPS) is 11.6. The van der Waals surface area contributed by atoms with Crippen molar-refractivity contribution in [3.63, 3.8) is 0 Å². The van der Waals surface area contributed by atoms with Gasteiger partial charge in [-0.3, -0.25) is 19.8 Å². The molecule has 2 aromatic carbocycles. The number of non-ortho nitro benzene ring substituents is 1. The minimum Gasteiger partial charge on any atom is -0.408 e. The molecule has 25 heavy (non-hydrogen) atoms. The van der Waals surface area contributed by atoms with Crippen LogP contribution in [0.5, 0.6) is 0 Å². The number of anilines is 1. The minimum atomic E-state index is -3.98. The summed E-state index contributed by atoms with van der Waals surface area (Å²) in [5.41, 5.74) is 1.43. The molecule has 130 valence electrons. The van der Waals surface area contributed by atoms with Gasteiger partial charge in [0.05, 0.1) is 21.0 Å². The van der Waals surface area contributed by atoms with Gasteiger partial charge in [0.1, 0.15) is 0 Å². The van der Waals surface area contributed by atoms with Crippen molar-refractivity contribution in [2.24, 2.45) is 0 Å². The number of fused-ring (bicyclic) bond motifs is 1. The number of hydrogen-bond donors (Lipinski definition) is 2. The predicted octanol–water partition coefficient (Wildman–Crippen LogP) is 2.45. The van der Waals surface area contributed by atoms with Gasteiger partial charge in [0, 0.05) is 18.2 Å². The average Bonchev–Trinajstić information content (AvgIpc) is 2.87. The molecule has 0 aliphatic rings. The molecule has 0 aliphatic carbocycles. The maximum absolute atomic E-state index is 12.7. The van der Waals surface area contributed by atoms with E-state index in [1.54, 1.807) is 13.8 Å². The topological polar surface area (TPSA) is 135 Å². The molecule has 0 unspecified atom stereocenters. The number of sulfonamides is 1.